The highest BCUT2D eigenvalue weighted by Gasteiger charge is 2.33. The average molecular weight is 241 g/mol. The zero-order valence-electron chi connectivity index (χ0n) is 9.94. The summed E-state index contributed by atoms with van der Waals surface area (Å²) in [5.41, 5.74) is 2.54. The fourth-order valence-electron chi connectivity index (χ4n) is 2.06. The molecule has 0 saturated carbocycles. The smallest absolute Gasteiger partial charge is 0.342 e. The fourth-order valence-corrected chi connectivity index (χ4v) is 2.06. The number of pyridine rings is 1. The third-order valence-corrected chi connectivity index (χ3v) is 2.92. The third-order valence-electron chi connectivity index (χ3n) is 2.92. The molecular weight excluding hydrogens is 228 g/mol. The molecule has 0 radical (unpaired) electrons. The lowest BCUT2D eigenvalue weighted by molar-refractivity contribution is -0.371. The van der Waals surface area contributed by atoms with E-state index in [1.807, 2.05) is 43.3 Å². The molecule has 2 heterocycles. The van der Waals surface area contributed by atoms with Crippen LogP contribution >= 0.6 is 0 Å². The molecule has 2 N–H and O–H groups in total. The van der Waals surface area contributed by atoms with Crippen LogP contribution in [0.1, 0.15) is 27.8 Å². The van der Waals surface area contributed by atoms with Gasteiger partial charge in [-0.05, 0) is 19.1 Å². The molecule has 3 rings (SSSR count). The van der Waals surface area contributed by atoms with Crippen molar-refractivity contribution in [2.75, 3.05) is 5.32 Å². The molecule has 18 heavy (non-hydrogen) atoms. The highest BCUT2D eigenvalue weighted by atomic mass is 16.6. The van der Waals surface area contributed by atoms with Crippen LogP contribution in [0.5, 0.6) is 0 Å². The summed E-state index contributed by atoms with van der Waals surface area (Å²) in [6, 6.07) is 13.2. The van der Waals surface area contributed by atoms with E-state index in [9.17, 15) is 4.79 Å². The Morgan fingerprint density at radius 2 is 2.00 bits per heavy atom. The molecule has 0 fully saturated rings. The summed E-state index contributed by atoms with van der Waals surface area (Å²) in [5.74, 6) is 0.542. The Balaban J connectivity index is 1.90. The number of hydrogen-bond donors (Lipinski definition) is 1. The molecule has 4 heteroatoms. The topological polar surface area (TPSA) is 52.5 Å². The van der Waals surface area contributed by atoms with Crippen molar-refractivity contribution in [2.45, 2.75) is 13.2 Å². The number of benzene rings is 1. The van der Waals surface area contributed by atoms with Crippen LogP contribution in [-0.2, 0) is 4.74 Å². The summed E-state index contributed by atoms with van der Waals surface area (Å²) in [6.45, 7) is 1.97. The third kappa shape index (κ3) is 1.82. The van der Waals surface area contributed by atoms with Crippen LogP contribution in [0, 0.1) is 6.92 Å². The molecule has 0 bridgehead atoms. The van der Waals surface area contributed by atoms with Gasteiger partial charge in [-0.3, -0.25) is 0 Å². The first kappa shape index (κ1) is 10.8. The fraction of sp³-hybridized carbons (Fsp3) is 0.143. The Morgan fingerprint density at radius 3 is 2.83 bits per heavy atom. The molecule has 0 saturated heterocycles. The van der Waals surface area contributed by atoms with Gasteiger partial charge in [-0.25, -0.2) is 15.1 Å². The summed E-state index contributed by atoms with van der Waals surface area (Å²) >= 11 is 0. The standard InChI is InChI=1S/C14H12N2O2/c1-9-5-4-8-12(15-9)16-13-10-6-2-3-7-11(10)14(17)18-13/h2-8,13H,1H3,(H,15,16)/p+1/t13-/m1/s1. The van der Waals surface area contributed by atoms with Crippen LogP contribution in [0.25, 0.3) is 0 Å². The molecule has 0 unspecified atom stereocenters. The van der Waals surface area contributed by atoms with Crippen LogP contribution in [0.2, 0.25) is 0 Å². The summed E-state index contributed by atoms with van der Waals surface area (Å²) < 4.78 is 5.31. The van der Waals surface area contributed by atoms with Crippen molar-refractivity contribution in [2.24, 2.45) is 0 Å². The van der Waals surface area contributed by atoms with E-state index < -0.39 is 6.23 Å². The van der Waals surface area contributed by atoms with Gasteiger partial charge in [-0.15, -0.1) is 0 Å². The van der Waals surface area contributed by atoms with Crippen molar-refractivity contribution < 1.29 is 14.5 Å². The Morgan fingerprint density at radius 1 is 1.17 bits per heavy atom. The lowest BCUT2D eigenvalue weighted by Gasteiger charge is -2.07. The highest BCUT2D eigenvalue weighted by molar-refractivity contribution is 5.94. The molecule has 1 aliphatic rings. The van der Waals surface area contributed by atoms with Crippen molar-refractivity contribution in [1.29, 1.82) is 0 Å². The summed E-state index contributed by atoms with van der Waals surface area (Å²) in [7, 11) is 0. The van der Waals surface area contributed by atoms with Gasteiger partial charge in [0.05, 0.1) is 16.8 Å². The van der Waals surface area contributed by atoms with E-state index in [4.69, 9.17) is 4.74 Å². The van der Waals surface area contributed by atoms with Crippen LogP contribution in [0.15, 0.2) is 42.5 Å². The molecular formula is C14H13N2O2+. The highest BCUT2D eigenvalue weighted by Crippen LogP contribution is 2.30. The monoisotopic (exact) mass is 241 g/mol. The second-order valence-corrected chi connectivity index (χ2v) is 4.26. The number of anilines is 1. The molecule has 4 nitrogen and oxygen atoms in total. The van der Waals surface area contributed by atoms with Crippen molar-refractivity contribution >= 4 is 11.8 Å². The number of aryl methyl sites for hydroxylation is 1. The molecule has 0 aliphatic carbocycles. The largest absolute Gasteiger partial charge is 0.414 e. The van der Waals surface area contributed by atoms with Gasteiger partial charge in [0, 0.05) is 6.07 Å². The number of carbonyl (C=O) groups excluding carboxylic acids is 1. The molecule has 90 valence electrons. The normalized spacial score (nSPS) is 17.2. The SMILES string of the molecule is Cc1cccc(N[C@@H]2OC(=O)c3ccccc32)[nH+]1. The van der Waals surface area contributed by atoms with Gasteiger partial charge >= 0.3 is 5.97 Å². The molecule has 2 aromatic rings. The first-order chi connectivity index (χ1) is 8.74. The zero-order valence-corrected chi connectivity index (χ0v) is 9.94. The predicted molar refractivity (Wildman–Crippen MR) is 66.0 cm³/mol. The van der Waals surface area contributed by atoms with E-state index in [-0.39, 0.29) is 5.97 Å². The number of esters is 1. The van der Waals surface area contributed by atoms with E-state index in [1.54, 1.807) is 6.07 Å². The predicted octanol–water partition coefficient (Wildman–Crippen LogP) is 2.09. The summed E-state index contributed by atoms with van der Waals surface area (Å²) in [6.07, 6.45) is -0.424. The molecule has 1 aliphatic heterocycles. The molecule has 0 amide bonds. The minimum absolute atomic E-state index is 0.282. The van der Waals surface area contributed by atoms with Crippen molar-refractivity contribution in [3.8, 4) is 0 Å². The van der Waals surface area contributed by atoms with Crippen LogP contribution in [0.3, 0.4) is 0 Å². The van der Waals surface area contributed by atoms with Gasteiger partial charge in [0.2, 0.25) is 0 Å². The first-order valence-electron chi connectivity index (χ1n) is 5.79. The number of fused-ring (bicyclic) bond motifs is 1. The second-order valence-electron chi connectivity index (χ2n) is 4.26. The lowest BCUT2D eigenvalue weighted by Crippen LogP contribution is -2.19. The number of carbonyl (C=O) groups is 1. The Labute approximate surface area is 105 Å². The van der Waals surface area contributed by atoms with Gasteiger partial charge in [0.15, 0.2) is 0 Å². The van der Waals surface area contributed by atoms with Gasteiger partial charge in [-0.2, -0.15) is 0 Å². The van der Waals surface area contributed by atoms with Crippen LogP contribution in [0.4, 0.5) is 5.82 Å². The number of aromatic nitrogens is 1. The maximum absolute atomic E-state index is 11.7. The number of H-pyrrole nitrogens is 1. The number of cyclic esters (lactones) is 1. The van der Waals surface area contributed by atoms with Gasteiger partial charge in [-0.1, -0.05) is 24.3 Å². The van der Waals surface area contributed by atoms with E-state index in [2.05, 4.69) is 10.3 Å². The van der Waals surface area contributed by atoms with E-state index in [0.29, 0.717) is 5.56 Å². The van der Waals surface area contributed by atoms with Gasteiger partial charge < -0.3 is 4.74 Å². The Hall–Kier alpha value is -2.36. The van der Waals surface area contributed by atoms with Crippen molar-refractivity contribution in [3.63, 3.8) is 0 Å². The van der Waals surface area contributed by atoms with Crippen molar-refractivity contribution in [3.05, 3.63) is 59.3 Å². The number of hydrogen-bond acceptors (Lipinski definition) is 3. The lowest BCUT2D eigenvalue weighted by atomic mass is 10.1. The Kier molecular flexibility index (Phi) is 2.48. The van der Waals surface area contributed by atoms with Crippen molar-refractivity contribution in [1.82, 2.24) is 0 Å². The minimum Gasteiger partial charge on any atom is -0.414 e. The maximum Gasteiger partial charge on any atom is 0.342 e. The molecule has 1 aromatic carbocycles. The van der Waals surface area contributed by atoms with Gasteiger partial charge in [0.25, 0.3) is 12.0 Å². The summed E-state index contributed by atoms with van der Waals surface area (Å²) in [5, 5.41) is 3.17. The van der Waals surface area contributed by atoms with E-state index >= 15 is 0 Å². The number of ether oxygens (including phenoxy) is 1. The number of nitrogens with one attached hydrogen (secondary N) is 2. The van der Waals surface area contributed by atoms with Gasteiger partial charge in [0.1, 0.15) is 0 Å². The van der Waals surface area contributed by atoms with E-state index in [0.717, 1.165) is 17.1 Å². The molecule has 1 aromatic heterocycles. The first-order valence-corrected chi connectivity index (χ1v) is 5.79. The van der Waals surface area contributed by atoms with Crippen LogP contribution < -0.4 is 10.3 Å². The second kappa shape index (κ2) is 4.14. The molecule has 1 atom stereocenters. The zero-order chi connectivity index (χ0) is 12.5. The molecule has 0 spiro atoms. The quantitative estimate of drug-likeness (QED) is 0.819. The Bertz CT molecular complexity index is 610. The average Bonchev–Trinajstić information content (AvgIpc) is 2.67. The maximum atomic E-state index is 11.7. The minimum atomic E-state index is -0.424. The number of rotatable bonds is 2. The van der Waals surface area contributed by atoms with Crippen LogP contribution in [-0.4, -0.2) is 5.97 Å². The van der Waals surface area contributed by atoms with E-state index in [1.165, 1.54) is 0 Å². The number of aromatic amines is 1. The summed E-state index contributed by atoms with van der Waals surface area (Å²) in [4.78, 5) is 14.8.